The Kier molecular flexibility index (Phi) is 4.24. The van der Waals surface area contributed by atoms with Gasteiger partial charge in [0.1, 0.15) is 4.88 Å². The molecule has 1 heterocycles. The quantitative estimate of drug-likeness (QED) is 0.689. The van der Waals surface area contributed by atoms with E-state index in [1.54, 1.807) is 0 Å². The number of rotatable bonds is 3. The molecule has 0 spiro atoms. The van der Waals surface area contributed by atoms with Crippen LogP contribution in [-0.2, 0) is 5.41 Å². The first-order chi connectivity index (χ1) is 11.4. The second kappa shape index (κ2) is 6.21. The molecule has 24 heavy (non-hydrogen) atoms. The first-order valence-corrected chi connectivity index (χ1v) is 8.58. The summed E-state index contributed by atoms with van der Waals surface area (Å²) in [6.45, 7) is 6.12. The molecule has 0 saturated heterocycles. The number of carboxylic acid groups (broad SMARTS) is 1. The number of nitrogens with zero attached hydrogens (tertiary/aromatic N) is 1. The number of aromatic nitrogens is 1. The summed E-state index contributed by atoms with van der Waals surface area (Å²) in [5, 5.41) is 10.3. The molecule has 0 unspecified atom stereocenters. The summed E-state index contributed by atoms with van der Waals surface area (Å²) in [4.78, 5) is 16.5. The summed E-state index contributed by atoms with van der Waals surface area (Å²) >= 11 is 1.26. The average Bonchev–Trinajstić information content (AvgIpc) is 3.02. The van der Waals surface area contributed by atoms with E-state index < -0.39 is 5.97 Å². The van der Waals surface area contributed by atoms with E-state index in [4.69, 9.17) is 0 Å². The number of carboxylic acids is 1. The molecule has 3 rings (SSSR count). The SMILES string of the molecule is CC(C)(C)c1nc(-c2ccc(-c3ccccc3)cc2)c(C(=O)O)s1. The first kappa shape index (κ1) is 16.4. The van der Waals surface area contributed by atoms with Crippen LogP contribution in [-0.4, -0.2) is 16.1 Å². The van der Waals surface area contributed by atoms with Crippen molar-refractivity contribution < 1.29 is 9.90 Å². The van der Waals surface area contributed by atoms with Crippen LogP contribution in [0.4, 0.5) is 0 Å². The van der Waals surface area contributed by atoms with Crippen molar-refractivity contribution in [2.24, 2.45) is 0 Å². The average molecular weight is 337 g/mol. The van der Waals surface area contributed by atoms with Crippen LogP contribution in [0.15, 0.2) is 54.6 Å². The second-order valence-electron chi connectivity index (χ2n) is 6.70. The number of benzene rings is 2. The highest BCUT2D eigenvalue weighted by molar-refractivity contribution is 7.14. The van der Waals surface area contributed by atoms with Gasteiger partial charge in [0.15, 0.2) is 0 Å². The molecule has 1 N–H and O–H groups in total. The van der Waals surface area contributed by atoms with Gasteiger partial charge in [-0.2, -0.15) is 0 Å². The van der Waals surface area contributed by atoms with E-state index >= 15 is 0 Å². The predicted molar refractivity (Wildman–Crippen MR) is 98.6 cm³/mol. The Labute approximate surface area is 145 Å². The normalized spacial score (nSPS) is 11.5. The zero-order chi connectivity index (χ0) is 17.3. The van der Waals surface area contributed by atoms with Gasteiger partial charge in [0.2, 0.25) is 0 Å². The maximum absolute atomic E-state index is 11.6. The molecular weight excluding hydrogens is 318 g/mol. The lowest BCUT2D eigenvalue weighted by Gasteiger charge is -2.13. The fraction of sp³-hybridized carbons (Fsp3) is 0.200. The molecule has 0 atom stereocenters. The summed E-state index contributed by atoms with van der Waals surface area (Å²) < 4.78 is 0. The third-order valence-corrected chi connectivity index (χ3v) is 5.20. The minimum absolute atomic E-state index is 0.170. The van der Waals surface area contributed by atoms with Gasteiger partial charge < -0.3 is 5.11 Å². The number of carbonyl (C=O) groups is 1. The second-order valence-corrected chi connectivity index (χ2v) is 7.69. The molecule has 0 aliphatic rings. The zero-order valence-electron chi connectivity index (χ0n) is 13.9. The monoisotopic (exact) mass is 337 g/mol. The van der Waals surface area contributed by atoms with Gasteiger partial charge in [0, 0.05) is 11.0 Å². The summed E-state index contributed by atoms with van der Waals surface area (Å²) in [6.07, 6.45) is 0. The number of aromatic carboxylic acids is 1. The first-order valence-electron chi connectivity index (χ1n) is 7.77. The maximum Gasteiger partial charge on any atom is 0.348 e. The van der Waals surface area contributed by atoms with E-state index in [1.165, 1.54) is 11.3 Å². The van der Waals surface area contributed by atoms with Gasteiger partial charge >= 0.3 is 5.97 Å². The fourth-order valence-electron chi connectivity index (χ4n) is 2.43. The molecule has 0 amide bonds. The van der Waals surface area contributed by atoms with Crippen LogP contribution >= 0.6 is 11.3 Å². The predicted octanol–water partition coefficient (Wildman–Crippen LogP) is 5.47. The van der Waals surface area contributed by atoms with E-state index in [2.05, 4.69) is 17.1 Å². The molecule has 0 aliphatic heterocycles. The molecule has 122 valence electrons. The van der Waals surface area contributed by atoms with Gasteiger partial charge in [-0.25, -0.2) is 9.78 Å². The lowest BCUT2D eigenvalue weighted by atomic mass is 9.98. The van der Waals surface area contributed by atoms with Crippen molar-refractivity contribution in [2.45, 2.75) is 26.2 Å². The Balaban J connectivity index is 2.03. The minimum Gasteiger partial charge on any atom is -0.477 e. The van der Waals surface area contributed by atoms with Crippen molar-refractivity contribution in [3.63, 3.8) is 0 Å². The van der Waals surface area contributed by atoms with Gasteiger partial charge in [-0.05, 0) is 11.1 Å². The van der Waals surface area contributed by atoms with Crippen LogP contribution in [0, 0.1) is 0 Å². The molecule has 0 fully saturated rings. The van der Waals surface area contributed by atoms with Gasteiger partial charge in [-0.15, -0.1) is 11.3 Å². The Morgan fingerprint density at radius 3 is 2.00 bits per heavy atom. The number of hydrogen-bond acceptors (Lipinski definition) is 3. The van der Waals surface area contributed by atoms with Gasteiger partial charge in [-0.3, -0.25) is 0 Å². The molecular formula is C20H19NO2S. The summed E-state index contributed by atoms with van der Waals surface area (Å²) in [6, 6.07) is 18.0. The van der Waals surface area contributed by atoms with Crippen molar-refractivity contribution >= 4 is 17.3 Å². The van der Waals surface area contributed by atoms with Gasteiger partial charge in [0.05, 0.1) is 10.7 Å². The molecule has 1 aromatic heterocycles. The highest BCUT2D eigenvalue weighted by atomic mass is 32.1. The van der Waals surface area contributed by atoms with Crippen molar-refractivity contribution in [1.29, 1.82) is 0 Å². The third-order valence-electron chi connectivity index (χ3n) is 3.73. The van der Waals surface area contributed by atoms with Crippen molar-refractivity contribution in [2.75, 3.05) is 0 Å². The maximum atomic E-state index is 11.6. The number of hydrogen-bond donors (Lipinski definition) is 1. The minimum atomic E-state index is -0.926. The van der Waals surface area contributed by atoms with Crippen molar-refractivity contribution in [1.82, 2.24) is 4.98 Å². The molecule has 3 aromatic rings. The van der Waals surface area contributed by atoms with Crippen LogP contribution < -0.4 is 0 Å². The van der Waals surface area contributed by atoms with Crippen molar-refractivity contribution in [3.05, 3.63) is 64.5 Å². The molecule has 0 radical (unpaired) electrons. The number of thiazole rings is 1. The topological polar surface area (TPSA) is 50.2 Å². The molecule has 4 heteroatoms. The van der Waals surface area contributed by atoms with Gasteiger partial charge in [-0.1, -0.05) is 75.4 Å². The van der Waals surface area contributed by atoms with E-state index in [0.717, 1.165) is 21.7 Å². The van der Waals surface area contributed by atoms with E-state index in [1.807, 2.05) is 63.2 Å². The largest absolute Gasteiger partial charge is 0.477 e. The fourth-order valence-corrected chi connectivity index (χ4v) is 3.42. The Morgan fingerprint density at radius 2 is 1.46 bits per heavy atom. The van der Waals surface area contributed by atoms with E-state index in [-0.39, 0.29) is 5.41 Å². The Hall–Kier alpha value is -2.46. The summed E-state index contributed by atoms with van der Waals surface area (Å²) in [7, 11) is 0. The molecule has 0 saturated carbocycles. The molecule has 0 aliphatic carbocycles. The highest BCUT2D eigenvalue weighted by Gasteiger charge is 2.25. The molecule has 2 aromatic carbocycles. The van der Waals surface area contributed by atoms with Crippen molar-refractivity contribution in [3.8, 4) is 22.4 Å². The lowest BCUT2D eigenvalue weighted by molar-refractivity contribution is 0.0702. The van der Waals surface area contributed by atoms with Crippen LogP contribution in [0.25, 0.3) is 22.4 Å². The Bertz CT molecular complexity index is 859. The van der Waals surface area contributed by atoms with Crippen LogP contribution in [0.1, 0.15) is 35.5 Å². The van der Waals surface area contributed by atoms with Crippen LogP contribution in [0.5, 0.6) is 0 Å². The molecule has 0 bridgehead atoms. The standard InChI is InChI=1S/C20H19NO2S/c1-20(2,3)19-21-16(17(24-19)18(22)23)15-11-9-14(10-12-15)13-7-5-4-6-8-13/h4-12H,1-3H3,(H,22,23). The summed E-state index contributed by atoms with van der Waals surface area (Å²) in [5.41, 5.74) is 3.45. The smallest absolute Gasteiger partial charge is 0.348 e. The van der Waals surface area contributed by atoms with Crippen LogP contribution in [0.3, 0.4) is 0 Å². The molecule has 3 nitrogen and oxygen atoms in total. The Morgan fingerprint density at radius 1 is 0.917 bits per heavy atom. The summed E-state index contributed by atoms with van der Waals surface area (Å²) in [5.74, 6) is -0.926. The lowest BCUT2D eigenvalue weighted by Crippen LogP contribution is -2.10. The van der Waals surface area contributed by atoms with Gasteiger partial charge in [0.25, 0.3) is 0 Å². The van der Waals surface area contributed by atoms with E-state index in [9.17, 15) is 9.90 Å². The van der Waals surface area contributed by atoms with Crippen LogP contribution in [0.2, 0.25) is 0 Å². The highest BCUT2D eigenvalue weighted by Crippen LogP contribution is 2.35. The van der Waals surface area contributed by atoms with E-state index in [0.29, 0.717) is 10.6 Å². The zero-order valence-corrected chi connectivity index (χ0v) is 14.7. The third kappa shape index (κ3) is 3.24.